The Balaban J connectivity index is 1.74. The number of methoxy groups -OCH3 is 1. The van der Waals surface area contributed by atoms with Crippen LogP contribution in [0.25, 0.3) is 10.2 Å². The van der Waals surface area contributed by atoms with Gasteiger partial charge in [-0.15, -0.1) is 0 Å². The minimum atomic E-state index is -0.135. The van der Waals surface area contributed by atoms with Gasteiger partial charge < -0.3 is 14.4 Å². The average Bonchev–Trinajstić information content (AvgIpc) is 3.12. The van der Waals surface area contributed by atoms with Crippen LogP contribution in [-0.4, -0.2) is 56.7 Å². The van der Waals surface area contributed by atoms with E-state index in [4.69, 9.17) is 21.1 Å². The second kappa shape index (κ2) is 9.91. The van der Waals surface area contributed by atoms with Crippen LogP contribution in [0.2, 0.25) is 5.02 Å². The summed E-state index contributed by atoms with van der Waals surface area (Å²) < 4.78 is 11.8. The van der Waals surface area contributed by atoms with Gasteiger partial charge in [-0.3, -0.25) is 9.69 Å². The molecule has 0 atom stereocenters. The molecule has 1 heterocycles. The summed E-state index contributed by atoms with van der Waals surface area (Å²) in [6.45, 7) is 1.38. The lowest BCUT2D eigenvalue weighted by Gasteiger charge is -2.21. The van der Waals surface area contributed by atoms with Gasteiger partial charge in [0, 0.05) is 11.6 Å². The summed E-state index contributed by atoms with van der Waals surface area (Å²) in [5.74, 6) is 1.22. The number of hydrogen-bond acceptors (Lipinski definition) is 6. The number of carbonyl (C=O) groups excluding carboxylic acids is 1. The molecule has 1 aromatic heterocycles. The Morgan fingerprint density at radius 1 is 1.10 bits per heavy atom. The summed E-state index contributed by atoms with van der Waals surface area (Å²) in [5.41, 5.74) is 0.830. The molecule has 0 aliphatic rings. The molecule has 0 aliphatic heterocycles. The van der Waals surface area contributed by atoms with Gasteiger partial charge in [-0.25, -0.2) is 4.98 Å². The number of hydrogen-bond donors (Lipinski definition) is 0. The molecule has 6 nitrogen and oxygen atoms in total. The zero-order valence-electron chi connectivity index (χ0n) is 16.7. The third kappa shape index (κ3) is 5.82. The Kier molecular flexibility index (Phi) is 7.30. The highest BCUT2D eigenvalue weighted by Crippen LogP contribution is 2.31. The molecule has 8 heteroatoms. The van der Waals surface area contributed by atoms with Crippen LogP contribution in [0.5, 0.6) is 11.5 Å². The van der Waals surface area contributed by atoms with Crippen LogP contribution in [0.3, 0.4) is 0 Å². The highest BCUT2D eigenvalue weighted by molar-refractivity contribution is 7.22. The smallest absolute Gasteiger partial charge is 0.266 e. The van der Waals surface area contributed by atoms with Gasteiger partial charge in [-0.05, 0) is 69.5 Å². The Hall–Kier alpha value is -2.35. The van der Waals surface area contributed by atoms with Crippen molar-refractivity contribution >= 4 is 44.2 Å². The van der Waals surface area contributed by atoms with Gasteiger partial charge in [0.05, 0.1) is 17.3 Å². The van der Waals surface area contributed by atoms with E-state index in [0.717, 1.165) is 28.9 Å². The molecule has 0 unspecified atom stereocenters. The largest absolute Gasteiger partial charge is 0.497 e. The van der Waals surface area contributed by atoms with Crippen molar-refractivity contribution in [3.8, 4) is 11.5 Å². The molecule has 0 N–H and O–H groups in total. The Morgan fingerprint density at radius 3 is 2.52 bits per heavy atom. The van der Waals surface area contributed by atoms with E-state index in [1.54, 1.807) is 42.3 Å². The van der Waals surface area contributed by atoms with Gasteiger partial charge in [0.2, 0.25) is 0 Å². The minimum absolute atomic E-state index is 0.0645. The molecule has 0 radical (unpaired) electrons. The number of aromatic nitrogens is 1. The molecule has 0 aliphatic carbocycles. The first-order valence-corrected chi connectivity index (χ1v) is 10.4. The summed E-state index contributed by atoms with van der Waals surface area (Å²) in [6.07, 6.45) is 0.831. The summed E-state index contributed by atoms with van der Waals surface area (Å²) in [5, 5.41) is 1.31. The molecule has 2 aromatic carbocycles. The molecular formula is C21H24ClN3O3S. The van der Waals surface area contributed by atoms with Crippen molar-refractivity contribution < 1.29 is 14.3 Å². The monoisotopic (exact) mass is 433 g/mol. The van der Waals surface area contributed by atoms with E-state index in [9.17, 15) is 4.79 Å². The molecule has 0 spiro atoms. The molecule has 154 valence electrons. The van der Waals surface area contributed by atoms with Gasteiger partial charge in [-0.2, -0.15) is 0 Å². The van der Waals surface area contributed by atoms with Crippen LogP contribution in [0, 0.1) is 0 Å². The lowest BCUT2D eigenvalue weighted by Crippen LogP contribution is -2.36. The molecule has 3 aromatic rings. The zero-order valence-corrected chi connectivity index (χ0v) is 18.3. The predicted octanol–water partition coefficient (Wildman–Crippen LogP) is 4.32. The van der Waals surface area contributed by atoms with E-state index in [-0.39, 0.29) is 12.5 Å². The number of halogens is 1. The number of amides is 1. The van der Waals surface area contributed by atoms with Crippen molar-refractivity contribution in [1.29, 1.82) is 0 Å². The molecule has 29 heavy (non-hydrogen) atoms. The number of benzene rings is 2. The Bertz CT molecular complexity index is 959. The van der Waals surface area contributed by atoms with Crippen molar-refractivity contribution in [3.63, 3.8) is 0 Å². The maximum atomic E-state index is 13.0. The van der Waals surface area contributed by atoms with Gasteiger partial charge in [0.1, 0.15) is 11.5 Å². The van der Waals surface area contributed by atoms with Gasteiger partial charge in [-0.1, -0.05) is 22.9 Å². The Morgan fingerprint density at radius 2 is 1.83 bits per heavy atom. The van der Waals surface area contributed by atoms with Gasteiger partial charge >= 0.3 is 0 Å². The standard InChI is InChI=1S/C21H24ClN3O3S/c1-24(2)11-4-12-25(21-23-18-10-5-15(22)13-19(18)29-21)20(26)14-28-17-8-6-16(27-3)7-9-17/h5-10,13H,4,11-12,14H2,1-3H3. The number of rotatable bonds is 9. The fourth-order valence-electron chi connectivity index (χ4n) is 2.77. The maximum absolute atomic E-state index is 13.0. The number of anilines is 1. The zero-order chi connectivity index (χ0) is 20.8. The number of carbonyl (C=O) groups is 1. The van der Waals surface area contributed by atoms with E-state index in [2.05, 4.69) is 9.88 Å². The van der Waals surface area contributed by atoms with Crippen LogP contribution >= 0.6 is 22.9 Å². The molecule has 3 rings (SSSR count). The summed E-state index contributed by atoms with van der Waals surface area (Å²) in [6, 6.07) is 12.7. The predicted molar refractivity (Wildman–Crippen MR) is 119 cm³/mol. The molecule has 0 saturated carbocycles. The minimum Gasteiger partial charge on any atom is -0.497 e. The third-order valence-electron chi connectivity index (χ3n) is 4.28. The van der Waals surface area contributed by atoms with Crippen LogP contribution < -0.4 is 14.4 Å². The normalized spacial score (nSPS) is 11.1. The van der Waals surface area contributed by atoms with Gasteiger partial charge in [0.25, 0.3) is 5.91 Å². The van der Waals surface area contributed by atoms with Crippen molar-refractivity contribution in [1.82, 2.24) is 9.88 Å². The van der Waals surface area contributed by atoms with Crippen molar-refractivity contribution in [3.05, 3.63) is 47.5 Å². The average molecular weight is 434 g/mol. The van der Waals surface area contributed by atoms with Crippen molar-refractivity contribution in [2.45, 2.75) is 6.42 Å². The third-order valence-corrected chi connectivity index (χ3v) is 5.56. The van der Waals surface area contributed by atoms with Crippen LogP contribution in [0.15, 0.2) is 42.5 Å². The molecule has 0 saturated heterocycles. The molecule has 0 bridgehead atoms. The molecular weight excluding hydrogens is 410 g/mol. The van der Waals surface area contributed by atoms with Crippen molar-refractivity contribution in [2.75, 3.05) is 45.8 Å². The number of nitrogens with zero attached hydrogens (tertiary/aromatic N) is 3. The highest BCUT2D eigenvalue weighted by atomic mass is 35.5. The van der Waals surface area contributed by atoms with E-state index in [1.807, 2.05) is 26.2 Å². The first kappa shape index (κ1) is 21.4. The van der Waals surface area contributed by atoms with E-state index in [0.29, 0.717) is 22.4 Å². The summed E-state index contributed by atoms with van der Waals surface area (Å²) >= 11 is 7.55. The summed E-state index contributed by atoms with van der Waals surface area (Å²) in [7, 11) is 5.63. The lowest BCUT2D eigenvalue weighted by molar-refractivity contribution is -0.120. The number of fused-ring (bicyclic) bond motifs is 1. The number of ether oxygens (including phenoxy) is 2. The first-order chi connectivity index (χ1) is 14.0. The lowest BCUT2D eigenvalue weighted by atomic mass is 10.3. The van der Waals surface area contributed by atoms with Crippen LogP contribution in [-0.2, 0) is 4.79 Å². The second-order valence-corrected chi connectivity index (χ2v) is 8.22. The van der Waals surface area contributed by atoms with Crippen molar-refractivity contribution in [2.24, 2.45) is 0 Å². The first-order valence-electron chi connectivity index (χ1n) is 9.24. The SMILES string of the molecule is COc1ccc(OCC(=O)N(CCCN(C)C)c2nc3ccc(Cl)cc3s2)cc1. The number of thiazole rings is 1. The van der Waals surface area contributed by atoms with Gasteiger partial charge in [0.15, 0.2) is 11.7 Å². The van der Waals surface area contributed by atoms with E-state index in [1.165, 1.54) is 11.3 Å². The van der Waals surface area contributed by atoms with E-state index < -0.39 is 0 Å². The second-order valence-electron chi connectivity index (χ2n) is 6.77. The Labute approximate surface area is 179 Å². The van der Waals surface area contributed by atoms with Crippen LogP contribution in [0.1, 0.15) is 6.42 Å². The van der Waals surface area contributed by atoms with Crippen LogP contribution in [0.4, 0.5) is 5.13 Å². The molecule has 1 amide bonds. The maximum Gasteiger partial charge on any atom is 0.266 e. The fraction of sp³-hybridized carbons (Fsp3) is 0.333. The topological polar surface area (TPSA) is 54.9 Å². The van der Waals surface area contributed by atoms with E-state index >= 15 is 0 Å². The summed E-state index contributed by atoms with van der Waals surface area (Å²) in [4.78, 5) is 21.4. The quantitative estimate of drug-likeness (QED) is 0.503. The fourth-order valence-corrected chi connectivity index (χ4v) is 4.05. The highest BCUT2D eigenvalue weighted by Gasteiger charge is 2.20. The molecule has 0 fully saturated rings.